The van der Waals surface area contributed by atoms with Crippen LogP contribution in [-0.4, -0.2) is 99.4 Å². The Morgan fingerprint density at radius 3 is 2.06 bits per heavy atom. The van der Waals surface area contributed by atoms with E-state index in [1.165, 1.54) is 11.0 Å². The third-order valence-electron chi connectivity index (χ3n) is 10.8. The van der Waals surface area contributed by atoms with Crippen molar-refractivity contribution in [3.05, 3.63) is 33.1 Å². The fourth-order valence-corrected chi connectivity index (χ4v) is 7.34. The molecule has 1 heterocycles. The average Bonchev–Trinajstić information content (AvgIpc) is 3.34. The van der Waals surface area contributed by atoms with Gasteiger partial charge in [-0.05, 0) is 34.5 Å². The molecule has 3 rings (SSSR count). The molecule has 14 nitrogen and oxygen atoms in total. The van der Waals surface area contributed by atoms with Crippen LogP contribution in [0.25, 0.3) is 0 Å². The lowest BCUT2D eigenvalue weighted by Gasteiger charge is -2.39. The van der Waals surface area contributed by atoms with Gasteiger partial charge in [-0.15, -0.1) is 6.58 Å². The maximum absolute atomic E-state index is 14.5. The maximum atomic E-state index is 14.5. The zero-order valence-corrected chi connectivity index (χ0v) is 33.2. The van der Waals surface area contributed by atoms with Crippen molar-refractivity contribution in [2.24, 2.45) is 28.1 Å². The summed E-state index contributed by atoms with van der Waals surface area (Å²) >= 11 is 0. The van der Waals surface area contributed by atoms with Gasteiger partial charge >= 0.3 is 6.03 Å². The van der Waals surface area contributed by atoms with Crippen LogP contribution >= 0.6 is 0 Å². The zero-order chi connectivity index (χ0) is 39.7. The van der Waals surface area contributed by atoms with Crippen LogP contribution in [0.5, 0.6) is 0 Å². The molecule has 0 radical (unpaired) electrons. The summed E-state index contributed by atoms with van der Waals surface area (Å²) in [6.07, 6.45) is 3.09. The van der Waals surface area contributed by atoms with Gasteiger partial charge in [0.25, 0.3) is 16.8 Å². The largest absolute Gasteiger partial charge is 0.373 e. The molecule has 1 aromatic carbocycles. The van der Waals surface area contributed by atoms with Gasteiger partial charge in [0.15, 0.2) is 0 Å². The Morgan fingerprint density at radius 2 is 1.54 bits per heavy atom. The second-order valence-corrected chi connectivity index (χ2v) is 17.4. The quantitative estimate of drug-likeness (QED) is 0.146. The number of carbonyl (C=O) groups is 5. The van der Waals surface area contributed by atoms with E-state index in [1.54, 1.807) is 30.9 Å². The molecule has 1 aromatic rings. The molecule has 2 fully saturated rings. The smallest absolute Gasteiger partial charge is 0.315 e. The van der Waals surface area contributed by atoms with Crippen LogP contribution in [-0.2, 0) is 19.2 Å². The van der Waals surface area contributed by atoms with E-state index in [1.807, 2.05) is 62.3 Å². The van der Waals surface area contributed by atoms with Gasteiger partial charge in [0, 0.05) is 40.8 Å². The number of carbonyl (C=O) groups excluding carboxylic acids is 5. The minimum Gasteiger partial charge on any atom is -0.373 e. The summed E-state index contributed by atoms with van der Waals surface area (Å²) in [5, 5.41) is 11.2. The van der Waals surface area contributed by atoms with Gasteiger partial charge in [-0.25, -0.2) is 4.79 Å². The number of unbranched alkanes of at least 4 members (excludes halogenated alkanes) is 1. The summed E-state index contributed by atoms with van der Waals surface area (Å²) < 4.78 is 0. The molecule has 0 spiro atoms. The topological polar surface area (TPSA) is 177 Å². The molecule has 1 saturated heterocycles. The molecule has 0 bridgehead atoms. The third kappa shape index (κ3) is 8.86. The number of likely N-dealkylation sites (N-methyl/N-ethyl adjacent to an activating group) is 1. The van der Waals surface area contributed by atoms with Crippen molar-refractivity contribution in [2.45, 2.75) is 106 Å². The summed E-state index contributed by atoms with van der Waals surface area (Å²) in [6, 6.07) is -4.08. The summed E-state index contributed by atoms with van der Waals surface area (Å²) in [5.74, 6) is -2.60. The van der Waals surface area contributed by atoms with Gasteiger partial charge in [-0.2, -0.15) is 0 Å². The number of nitrogens with zero attached hydrogens (tertiary/aromatic N) is 3. The summed E-state index contributed by atoms with van der Waals surface area (Å²) in [7, 11) is 5.08. The fraction of sp³-hybridized carbons (Fsp3) is 0.711. The van der Waals surface area contributed by atoms with E-state index in [2.05, 4.69) is 27.8 Å². The molecule has 1 saturated carbocycles. The Hall–Kier alpha value is -4.23. The molecule has 1 unspecified atom stereocenters. The van der Waals surface area contributed by atoms with Crippen molar-refractivity contribution in [1.82, 2.24) is 26.2 Å². The van der Waals surface area contributed by atoms with Crippen molar-refractivity contribution in [3.63, 3.8) is 0 Å². The Kier molecular flexibility index (Phi) is 12.8. The Bertz CT molecular complexity index is 1610. The van der Waals surface area contributed by atoms with Gasteiger partial charge in [0.2, 0.25) is 17.6 Å². The van der Waals surface area contributed by atoms with E-state index in [9.17, 15) is 33.6 Å². The lowest BCUT2D eigenvalue weighted by atomic mass is 9.84. The number of rotatable bonds is 16. The number of Topliss-reactive ketones (excluding diaryl/α,β-unsaturated/α-hetero) is 1. The van der Waals surface area contributed by atoms with E-state index in [4.69, 9.17) is 0 Å². The van der Waals surface area contributed by atoms with Gasteiger partial charge in [-0.1, -0.05) is 81.2 Å². The number of anilines is 2. The zero-order valence-electron chi connectivity index (χ0n) is 33.2. The molecule has 1 aliphatic carbocycles. The Labute approximate surface area is 308 Å². The second-order valence-electron chi connectivity index (χ2n) is 17.4. The maximum Gasteiger partial charge on any atom is 0.315 e. The predicted octanol–water partition coefficient (Wildman–Crippen LogP) is 1.94. The molecule has 52 heavy (non-hydrogen) atoms. The molecular weight excluding hydrogens is 666 g/mol. The fourth-order valence-electron chi connectivity index (χ4n) is 7.34. The van der Waals surface area contributed by atoms with Crippen LogP contribution in [0.1, 0.15) is 81.6 Å². The number of ketones is 1. The Morgan fingerprint density at radius 1 is 0.942 bits per heavy atom. The van der Waals surface area contributed by atoms with Crippen LogP contribution in [0.15, 0.2) is 22.2 Å². The highest BCUT2D eigenvalue weighted by Crippen LogP contribution is 2.65. The van der Waals surface area contributed by atoms with E-state index in [0.29, 0.717) is 18.7 Å². The number of fused-ring (bicyclic) bond motifs is 1. The number of piperidine rings is 1. The molecule has 4 N–H and O–H groups in total. The highest BCUT2D eigenvalue weighted by atomic mass is 16.2. The number of amides is 5. The molecule has 6 atom stereocenters. The van der Waals surface area contributed by atoms with Crippen molar-refractivity contribution in [3.8, 4) is 0 Å². The van der Waals surface area contributed by atoms with Gasteiger partial charge in [-0.3, -0.25) is 28.8 Å². The molecule has 290 valence electrons. The molecule has 2 aliphatic rings. The van der Waals surface area contributed by atoms with Crippen LogP contribution < -0.4 is 41.9 Å². The Balaban J connectivity index is 1.84. The molecular formula is C38H61N7O7. The van der Waals surface area contributed by atoms with E-state index >= 15 is 0 Å². The first-order valence-electron chi connectivity index (χ1n) is 18.2. The number of hydrogen-bond acceptors (Lipinski definition) is 9. The van der Waals surface area contributed by atoms with Crippen LogP contribution in [0.4, 0.5) is 16.2 Å². The summed E-state index contributed by atoms with van der Waals surface area (Å²) in [5.41, 5.74) is -2.01. The van der Waals surface area contributed by atoms with Crippen molar-refractivity contribution in [2.75, 3.05) is 50.6 Å². The molecule has 1 aliphatic heterocycles. The first-order chi connectivity index (χ1) is 23.9. The van der Waals surface area contributed by atoms with Gasteiger partial charge in [0.05, 0.1) is 12.1 Å². The minimum atomic E-state index is -1.05. The minimum absolute atomic E-state index is 0.0468. The normalized spacial score (nSPS) is 20.9. The predicted molar refractivity (Wildman–Crippen MR) is 203 cm³/mol. The second kappa shape index (κ2) is 15.8. The molecule has 0 aromatic heterocycles. The number of urea groups is 1. The number of nitrogens with one attached hydrogen (secondary N) is 4. The highest BCUT2D eigenvalue weighted by Gasteiger charge is 2.70. The molecule has 14 heteroatoms. The van der Waals surface area contributed by atoms with Crippen LogP contribution in [0.2, 0.25) is 0 Å². The summed E-state index contributed by atoms with van der Waals surface area (Å²) in [4.78, 5) is 97.5. The van der Waals surface area contributed by atoms with Crippen LogP contribution in [0.3, 0.4) is 0 Å². The average molecular weight is 728 g/mol. The SMILES string of the molecule is C=CCNC(=O)C(=O)C(CCCC)NC(=O)[C@@H]1[C@@H]2[C@H](CN1C(=O)[C@@H](NC(=O)N[C@H](CN(C)c1c(N(C)C)c(=O)c1=O)C(C)(C)C)C(C)(C)C)C2(C)C. The lowest BCUT2D eigenvalue weighted by Crippen LogP contribution is -2.62. The van der Waals surface area contributed by atoms with Gasteiger partial charge in [0.1, 0.15) is 23.5 Å². The van der Waals surface area contributed by atoms with Crippen LogP contribution in [0, 0.1) is 28.1 Å². The summed E-state index contributed by atoms with van der Waals surface area (Å²) in [6.45, 7) is 21.6. The van der Waals surface area contributed by atoms with Crippen molar-refractivity contribution >= 4 is 40.9 Å². The standard InChI is InChI=1S/C38H61N7O7/c1-14-16-17-22(28(46)33(50)39-18-15-2)40-32(49)25-24-21(38(24,9)10)19-45(25)34(51)31(37(6,7)8)42-35(52)41-23(36(3,4)5)20-44(13)27-26(43(11)12)29(47)30(27)48/h15,21-25,31H,2,14,16-20H2,1,3-13H3,(H,39,50)(H,40,49)(H2,41,42,52)/t21-,22?,23+,24-,25-,31+/m0/s1. The molecule has 5 amide bonds. The van der Waals surface area contributed by atoms with E-state index in [-0.39, 0.29) is 42.4 Å². The first kappa shape index (κ1) is 42.2. The van der Waals surface area contributed by atoms with Crippen molar-refractivity contribution < 1.29 is 24.0 Å². The number of likely N-dealkylation sites (tertiary alicyclic amines) is 1. The highest BCUT2D eigenvalue weighted by molar-refractivity contribution is 6.38. The number of hydrogen-bond donors (Lipinski definition) is 4. The van der Waals surface area contributed by atoms with E-state index < -0.39 is 75.4 Å². The monoisotopic (exact) mass is 727 g/mol. The lowest BCUT2D eigenvalue weighted by molar-refractivity contribution is -0.145. The first-order valence-corrected chi connectivity index (χ1v) is 18.2. The van der Waals surface area contributed by atoms with E-state index in [0.717, 1.165) is 6.42 Å². The van der Waals surface area contributed by atoms with Gasteiger partial charge < -0.3 is 36.0 Å². The van der Waals surface area contributed by atoms with Crippen molar-refractivity contribution in [1.29, 1.82) is 0 Å². The third-order valence-corrected chi connectivity index (χ3v) is 10.8.